The fourth-order valence-corrected chi connectivity index (χ4v) is 7.40. The molecule has 2 aliphatic rings. The third-order valence-corrected chi connectivity index (χ3v) is 10.6. The standard InChI is InChI=1S/C43H48FN9O6/c1-26-21-29(54)25-53(26)42(58)39(43(2,3)4)50-36(55)11-12-37(56)52-19-17-51(18-20-52)34-22-27(30-24-46-15-13-28(30)23-45)9-10-32(34)49-41(57)33-14-16-47-40(48-33)38-31(44)7-6-8-35(38)59-5/h6-10,13-16,22,24,26,29,39,54H,11-12,17-21,25H2,1-5H3,(H,49,57)(H,50,55)/t26-,29-,39-/m1/s1. The first-order valence-electron chi connectivity index (χ1n) is 19.4. The number of methoxy groups -OCH3 is 1. The molecule has 3 atom stereocenters. The molecule has 0 spiro atoms. The Hall–Kier alpha value is -6.47. The smallest absolute Gasteiger partial charge is 0.274 e. The number of ether oxygens (including phenoxy) is 1. The SMILES string of the molecule is COc1cccc(F)c1-c1nccc(C(=O)Nc2ccc(-c3cnccc3C#N)cc2N2CCN(C(=O)CCC(=O)N[C@H](C(=O)N3C[C@H](O)C[C@H]3C)C(C)(C)C)CC2)n1. The van der Waals surface area contributed by atoms with E-state index in [1.54, 1.807) is 40.3 Å². The fourth-order valence-electron chi connectivity index (χ4n) is 7.40. The van der Waals surface area contributed by atoms with Gasteiger partial charge in [0.15, 0.2) is 5.82 Å². The van der Waals surface area contributed by atoms with Crippen LogP contribution < -0.4 is 20.3 Å². The second-order valence-corrected chi connectivity index (χ2v) is 15.8. The third kappa shape index (κ3) is 9.64. The van der Waals surface area contributed by atoms with Gasteiger partial charge in [0.2, 0.25) is 17.7 Å². The molecule has 2 aromatic heterocycles. The normalized spacial score (nSPS) is 17.2. The van der Waals surface area contributed by atoms with E-state index in [9.17, 15) is 33.9 Å². The van der Waals surface area contributed by atoms with Crippen molar-refractivity contribution >= 4 is 35.0 Å². The summed E-state index contributed by atoms with van der Waals surface area (Å²) in [5.74, 6) is -1.88. The van der Waals surface area contributed by atoms with Crippen molar-refractivity contribution in [1.29, 1.82) is 5.26 Å². The number of carbonyl (C=O) groups excluding carboxylic acids is 4. The fraction of sp³-hybridized carbons (Fsp3) is 0.395. The van der Waals surface area contributed by atoms with Crippen molar-refractivity contribution in [2.24, 2.45) is 5.41 Å². The van der Waals surface area contributed by atoms with Crippen molar-refractivity contribution in [2.45, 2.75) is 65.1 Å². The van der Waals surface area contributed by atoms with E-state index in [0.717, 1.165) is 0 Å². The Bertz CT molecular complexity index is 2270. The molecular formula is C43H48FN9O6. The van der Waals surface area contributed by atoms with Gasteiger partial charge in [0.05, 0.1) is 41.8 Å². The van der Waals surface area contributed by atoms with E-state index >= 15 is 0 Å². The maximum absolute atomic E-state index is 14.9. The summed E-state index contributed by atoms with van der Waals surface area (Å²) in [5.41, 5.74) is 2.16. The highest BCUT2D eigenvalue weighted by Gasteiger charge is 2.40. The van der Waals surface area contributed by atoms with Gasteiger partial charge >= 0.3 is 0 Å². The number of likely N-dealkylation sites (tertiary alicyclic amines) is 1. The minimum atomic E-state index is -0.825. The van der Waals surface area contributed by atoms with Crippen LogP contribution in [0.4, 0.5) is 15.8 Å². The molecule has 4 amide bonds. The van der Waals surface area contributed by atoms with Gasteiger partial charge < -0.3 is 35.2 Å². The van der Waals surface area contributed by atoms with Crippen molar-refractivity contribution < 1.29 is 33.4 Å². The van der Waals surface area contributed by atoms with Gasteiger partial charge in [-0.1, -0.05) is 32.9 Å². The Kier molecular flexibility index (Phi) is 12.8. The molecule has 4 heterocycles. The molecule has 2 fully saturated rings. The number of amides is 4. The van der Waals surface area contributed by atoms with Crippen LogP contribution in [0.15, 0.2) is 67.1 Å². The summed E-state index contributed by atoms with van der Waals surface area (Å²) < 4.78 is 20.2. The van der Waals surface area contributed by atoms with Gasteiger partial charge in [0.1, 0.15) is 23.3 Å². The summed E-state index contributed by atoms with van der Waals surface area (Å²) in [7, 11) is 1.40. The number of hydrogen-bond acceptors (Lipinski definition) is 11. The quantitative estimate of drug-likeness (QED) is 0.194. The highest BCUT2D eigenvalue weighted by Crippen LogP contribution is 2.35. The van der Waals surface area contributed by atoms with Gasteiger partial charge in [-0.25, -0.2) is 14.4 Å². The summed E-state index contributed by atoms with van der Waals surface area (Å²) in [4.78, 5) is 71.8. The van der Waals surface area contributed by atoms with Crippen LogP contribution in [-0.2, 0) is 14.4 Å². The number of pyridine rings is 1. The molecule has 3 N–H and O–H groups in total. The number of halogens is 1. The molecule has 0 bridgehead atoms. The molecule has 59 heavy (non-hydrogen) atoms. The van der Waals surface area contributed by atoms with E-state index in [1.807, 2.05) is 38.7 Å². The zero-order valence-electron chi connectivity index (χ0n) is 33.7. The largest absolute Gasteiger partial charge is 0.496 e. The molecule has 4 aromatic rings. The molecule has 0 saturated carbocycles. The van der Waals surface area contributed by atoms with Gasteiger partial charge in [-0.15, -0.1) is 0 Å². The van der Waals surface area contributed by atoms with Crippen molar-refractivity contribution in [3.63, 3.8) is 0 Å². The number of nitrogens with zero attached hydrogens (tertiary/aromatic N) is 7. The van der Waals surface area contributed by atoms with Crippen molar-refractivity contribution in [3.8, 4) is 34.3 Å². The average Bonchev–Trinajstić information content (AvgIpc) is 3.58. The van der Waals surface area contributed by atoms with E-state index < -0.39 is 35.2 Å². The average molecular weight is 806 g/mol. The predicted octanol–water partition coefficient (Wildman–Crippen LogP) is 4.42. The molecule has 6 rings (SSSR count). The van der Waals surface area contributed by atoms with E-state index in [-0.39, 0.29) is 60.1 Å². The molecule has 15 nitrogen and oxygen atoms in total. The first-order valence-corrected chi connectivity index (χ1v) is 19.4. The number of rotatable bonds is 11. The number of aromatic nitrogens is 3. The third-order valence-electron chi connectivity index (χ3n) is 10.6. The van der Waals surface area contributed by atoms with Crippen LogP contribution in [0, 0.1) is 22.6 Å². The molecule has 16 heteroatoms. The predicted molar refractivity (Wildman–Crippen MR) is 218 cm³/mol. The van der Waals surface area contributed by atoms with E-state index in [2.05, 4.69) is 31.7 Å². The topological polar surface area (TPSA) is 194 Å². The minimum absolute atomic E-state index is 0.0172. The number of carbonyl (C=O) groups is 4. The zero-order valence-corrected chi connectivity index (χ0v) is 33.7. The van der Waals surface area contributed by atoms with Gasteiger partial charge in [-0.05, 0) is 60.7 Å². The molecule has 2 saturated heterocycles. The van der Waals surface area contributed by atoms with Crippen LogP contribution in [-0.4, -0.2) is 112 Å². The van der Waals surface area contributed by atoms with Crippen LogP contribution in [0.2, 0.25) is 0 Å². The first kappa shape index (κ1) is 42.1. The second kappa shape index (κ2) is 18.0. The van der Waals surface area contributed by atoms with Gasteiger partial charge in [0.25, 0.3) is 5.91 Å². The lowest BCUT2D eigenvalue weighted by Gasteiger charge is -2.37. The number of piperazine rings is 1. The van der Waals surface area contributed by atoms with Crippen LogP contribution in [0.5, 0.6) is 5.75 Å². The number of benzene rings is 2. The summed E-state index contributed by atoms with van der Waals surface area (Å²) in [6, 6.07) is 13.9. The number of β-amino-alcohol motifs (C(OH)–C–C–N with tert-alkyl or cyclic N) is 1. The Labute approximate surface area is 342 Å². The van der Waals surface area contributed by atoms with Crippen LogP contribution in [0.3, 0.4) is 0 Å². The molecule has 0 aliphatic carbocycles. The lowest BCUT2D eigenvalue weighted by Crippen LogP contribution is -2.55. The summed E-state index contributed by atoms with van der Waals surface area (Å²) in [5, 5.41) is 25.7. The first-order chi connectivity index (χ1) is 28.2. The van der Waals surface area contributed by atoms with Crippen molar-refractivity contribution in [1.82, 2.24) is 30.1 Å². The van der Waals surface area contributed by atoms with Crippen LogP contribution in [0.25, 0.3) is 22.5 Å². The Morgan fingerprint density at radius 2 is 1.81 bits per heavy atom. The molecular weight excluding hydrogens is 758 g/mol. The Morgan fingerprint density at radius 3 is 2.49 bits per heavy atom. The number of anilines is 2. The number of aliphatic hydroxyl groups is 1. The van der Waals surface area contributed by atoms with Gasteiger partial charge in [0, 0.05) is 75.8 Å². The molecule has 2 aromatic carbocycles. The molecule has 308 valence electrons. The molecule has 0 radical (unpaired) electrons. The number of hydrogen-bond donors (Lipinski definition) is 3. The number of nitrogens with one attached hydrogen (secondary N) is 2. The van der Waals surface area contributed by atoms with Crippen molar-refractivity contribution in [2.75, 3.05) is 50.1 Å². The minimum Gasteiger partial charge on any atom is -0.496 e. The second-order valence-electron chi connectivity index (χ2n) is 15.8. The molecule has 2 aliphatic heterocycles. The maximum Gasteiger partial charge on any atom is 0.274 e. The highest BCUT2D eigenvalue weighted by molar-refractivity contribution is 6.05. The summed E-state index contributed by atoms with van der Waals surface area (Å²) >= 11 is 0. The van der Waals surface area contributed by atoms with Crippen LogP contribution in [0.1, 0.15) is 63.0 Å². The van der Waals surface area contributed by atoms with E-state index in [1.165, 1.54) is 37.7 Å². The zero-order chi connectivity index (χ0) is 42.4. The lowest BCUT2D eigenvalue weighted by atomic mass is 9.85. The van der Waals surface area contributed by atoms with Gasteiger partial charge in [-0.3, -0.25) is 24.2 Å². The van der Waals surface area contributed by atoms with Crippen LogP contribution >= 0.6 is 0 Å². The van der Waals surface area contributed by atoms with Crippen molar-refractivity contribution in [3.05, 3.63) is 84.2 Å². The molecule has 0 unspecified atom stereocenters. The van der Waals surface area contributed by atoms with E-state index in [4.69, 9.17) is 4.74 Å². The number of nitriles is 1. The summed E-state index contributed by atoms with van der Waals surface area (Å²) in [6.45, 7) is 9.09. The summed E-state index contributed by atoms with van der Waals surface area (Å²) in [6.07, 6.45) is 4.22. The highest BCUT2D eigenvalue weighted by atomic mass is 19.1. The number of aliphatic hydroxyl groups excluding tert-OH is 1. The van der Waals surface area contributed by atoms with E-state index in [0.29, 0.717) is 60.7 Å². The Morgan fingerprint density at radius 1 is 1.05 bits per heavy atom. The maximum atomic E-state index is 14.9. The van der Waals surface area contributed by atoms with Gasteiger partial charge in [-0.2, -0.15) is 5.26 Å². The lowest BCUT2D eigenvalue weighted by molar-refractivity contribution is -0.140. The Balaban J connectivity index is 1.15. The monoisotopic (exact) mass is 805 g/mol.